The van der Waals surface area contributed by atoms with Gasteiger partial charge in [-0.3, -0.25) is 4.79 Å². The maximum absolute atomic E-state index is 12.0. The van der Waals surface area contributed by atoms with E-state index in [-0.39, 0.29) is 17.4 Å². The van der Waals surface area contributed by atoms with Crippen LogP contribution in [0.1, 0.15) is 40.2 Å². The van der Waals surface area contributed by atoms with Gasteiger partial charge in [-0.15, -0.1) is 0 Å². The number of carbonyl (C=O) groups excluding carboxylic acids is 1. The second kappa shape index (κ2) is 7.46. The zero-order chi connectivity index (χ0) is 16.0. The Hall–Kier alpha value is -1.55. The first kappa shape index (κ1) is 17.5. The quantitative estimate of drug-likeness (QED) is 0.877. The van der Waals surface area contributed by atoms with Crippen LogP contribution in [0, 0.1) is 0 Å². The molecule has 0 aliphatic heterocycles. The zero-order valence-corrected chi connectivity index (χ0v) is 13.9. The van der Waals surface area contributed by atoms with Crippen LogP contribution in [0.25, 0.3) is 0 Å². The van der Waals surface area contributed by atoms with Crippen molar-refractivity contribution in [2.24, 2.45) is 0 Å². The Bertz CT molecular complexity index is 448. The lowest BCUT2D eigenvalue weighted by molar-refractivity contribution is -0.128. The molecule has 0 aliphatic carbocycles. The molecule has 4 heteroatoms. The molecule has 21 heavy (non-hydrogen) atoms. The van der Waals surface area contributed by atoms with Crippen molar-refractivity contribution < 1.29 is 14.3 Å². The van der Waals surface area contributed by atoms with E-state index in [2.05, 4.69) is 26.1 Å². The monoisotopic (exact) mass is 293 g/mol. The second-order valence-corrected chi connectivity index (χ2v) is 6.40. The average molecular weight is 293 g/mol. The van der Waals surface area contributed by atoms with E-state index in [1.165, 1.54) is 5.56 Å². The number of amides is 1. The van der Waals surface area contributed by atoms with Gasteiger partial charge < -0.3 is 14.8 Å². The molecule has 1 amide bonds. The fraction of sp³-hybridized carbons (Fsp3) is 0.588. The topological polar surface area (TPSA) is 47.6 Å². The number of benzene rings is 1. The summed E-state index contributed by atoms with van der Waals surface area (Å²) >= 11 is 0. The van der Waals surface area contributed by atoms with Gasteiger partial charge in [-0.25, -0.2) is 0 Å². The zero-order valence-electron chi connectivity index (χ0n) is 13.9. The molecule has 0 fully saturated rings. The molecule has 1 N–H and O–H groups in total. The molecule has 2 atom stereocenters. The molecule has 1 aromatic rings. The first-order chi connectivity index (χ1) is 9.74. The molecule has 0 bridgehead atoms. The first-order valence-corrected chi connectivity index (χ1v) is 7.30. The lowest BCUT2D eigenvalue weighted by atomic mass is 9.87. The van der Waals surface area contributed by atoms with Gasteiger partial charge >= 0.3 is 0 Å². The molecule has 0 saturated heterocycles. The van der Waals surface area contributed by atoms with Crippen LogP contribution in [0.2, 0.25) is 0 Å². The van der Waals surface area contributed by atoms with Crippen molar-refractivity contribution in [2.75, 3.05) is 13.7 Å². The molecule has 0 saturated carbocycles. The molecule has 0 aromatic heterocycles. The molecule has 1 aromatic carbocycles. The molecule has 1 rings (SSSR count). The van der Waals surface area contributed by atoms with Gasteiger partial charge in [-0.2, -0.15) is 0 Å². The Kier molecular flexibility index (Phi) is 6.21. The van der Waals surface area contributed by atoms with Crippen molar-refractivity contribution in [1.82, 2.24) is 5.32 Å². The summed E-state index contributed by atoms with van der Waals surface area (Å²) < 4.78 is 10.7. The first-order valence-electron chi connectivity index (χ1n) is 7.30. The summed E-state index contributed by atoms with van der Waals surface area (Å²) in [7, 11) is 1.61. The number of nitrogens with one attached hydrogen (secondary N) is 1. The summed E-state index contributed by atoms with van der Waals surface area (Å²) in [6, 6.07) is 7.85. The third kappa shape index (κ3) is 5.76. The Morgan fingerprint density at radius 2 is 1.76 bits per heavy atom. The van der Waals surface area contributed by atoms with Crippen molar-refractivity contribution in [3.63, 3.8) is 0 Å². The highest BCUT2D eigenvalue weighted by Crippen LogP contribution is 2.24. The van der Waals surface area contributed by atoms with Gasteiger partial charge in [0.25, 0.3) is 5.91 Å². The number of ether oxygens (including phenoxy) is 2. The standard InChI is InChI=1S/C17H27NO3/c1-12(11-20-6)18-16(19)13(2)21-15-9-7-14(8-10-15)17(3,4)5/h7-10,12-13H,11H2,1-6H3,(H,18,19). The van der Waals surface area contributed by atoms with Crippen molar-refractivity contribution >= 4 is 5.91 Å². The van der Waals surface area contributed by atoms with Crippen LogP contribution in [-0.4, -0.2) is 31.8 Å². The van der Waals surface area contributed by atoms with E-state index < -0.39 is 6.10 Å². The molecular formula is C17H27NO3. The van der Waals surface area contributed by atoms with Crippen LogP contribution in [0.4, 0.5) is 0 Å². The molecule has 0 spiro atoms. The Balaban J connectivity index is 2.58. The fourth-order valence-corrected chi connectivity index (χ4v) is 1.94. The van der Waals surface area contributed by atoms with E-state index in [9.17, 15) is 4.79 Å². The Morgan fingerprint density at radius 1 is 1.19 bits per heavy atom. The van der Waals surface area contributed by atoms with E-state index >= 15 is 0 Å². The van der Waals surface area contributed by atoms with Gasteiger partial charge in [-0.1, -0.05) is 32.9 Å². The van der Waals surface area contributed by atoms with Gasteiger partial charge in [0.15, 0.2) is 6.10 Å². The van der Waals surface area contributed by atoms with Crippen LogP contribution in [0.15, 0.2) is 24.3 Å². The molecule has 118 valence electrons. The second-order valence-electron chi connectivity index (χ2n) is 6.40. The minimum Gasteiger partial charge on any atom is -0.481 e. The molecule has 0 heterocycles. The highest BCUT2D eigenvalue weighted by molar-refractivity contribution is 5.80. The van der Waals surface area contributed by atoms with Crippen molar-refractivity contribution in [3.05, 3.63) is 29.8 Å². The van der Waals surface area contributed by atoms with Crippen LogP contribution in [0.5, 0.6) is 5.75 Å². The highest BCUT2D eigenvalue weighted by Gasteiger charge is 2.18. The summed E-state index contributed by atoms with van der Waals surface area (Å²) in [5, 5.41) is 2.85. The fourth-order valence-electron chi connectivity index (χ4n) is 1.94. The number of methoxy groups -OCH3 is 1. The average Bonchev–Trinajstić information content (AvgIpc) is 2.38. The van der Waals surface area contributed by atoms with Gasteiger partial charge in [0.1, 0.15) is 5.75 Å². The summed E-state index contributed by atoms with van der Waals surface area (Å²) in [6.45, 7) is 10.6. The van der Waals surface area contributed by atoms with E-state index in [0.29, 0.717) is 12.4 Å². The third-order valence-corrected chi connectivity index (χ3v) is 3.21. The lowest BCUT2D eigenvalue weighted by Crippen LogP contribution is -2.43. The lowest BCUT2D eigenvalue weighted by Gasteiger charge is -2.21. The normalized spacial score (nSPS) is 14.4. The smallest absolute Gasteiger partial charge is 0.261 e. The summed E-state index contributed by atoms with van der Waals surface area (Å²) in [6.07, 6.45) is -0.537. The van der Waals surface area contributed by atoms with Crippen LogP contribution >= 0.6 is 0 Å². The van der Waals surface area contributed by atoms with Crippen LogP contribution in [0.3, 0.4) is 0 Å². The van der Waals surface area contributed by atoms with Crippen molar-refractivity contribution in [2.45, 2.75) is 52.2 Å². The molecule has 0 radical (unpaired) electrons. The minimum atomic E-state index is -0.537. The number of carbonyl (C=O) groups is 1. The van der Waals surface area contributed by atoms with E-state index in [1.54, 1.807) is 14.0 Å². The van der Waals surface area contributed by atoms with Gasteiger partial charge in [0.05, 0.1) is 6.61 Å². The van der Waals surface area contributed by atoms with E-state index in [0.717, 1.165) is 0 Å². The molecule has 4 nitrogen and oxygen atoms in total. The maximum Gasteiger partial charge on any atom is 0.261 e. The summed E-state index contributed by atoms with van der Waals surface area (Å²) in [5.41, 5.74) is 1.34. The third-order valence-electron chi connectivity index (χ3n) is 3.21. The van der Waals surface area contributed by atoms with Gasteiger partial charge in [-0.05, 0) is 37.0 Å². The summed E-state index contributed by atoms with van der Waals surface area (Å²) in [4.78, 5) is 12.0. The Labute approximate surface area is 127 Å². The predicted molar refractivity (Wildman–Crippen MR) is 84.7 cm³/mol. The Morgan fingerprint density at radius 3 is 2.24 bits per heavy atom. The SMILES string of the molecule is COCC(C)NC(=O)C(C)Oc1ccc(C(C)(C)C)cc1. The van der Waals surface area contributed by atoms with E-state index in [1.807, 2.05) is 31.2 Å². The largest absolute Gasteiger partial charge is 0.481 e. The number of hydrogen-bond donors (Lipinski definition) is 1. The minimum absolute atomic E-state index is 0.0307. The van der Waals surface area contributed by atoms with Crippen LogP contribution in [-0.2, 0) is 14.9 Å². The van der Waals surface area contributed by atoms with E-state index in [4.69, 9.17) is 9.47 Å². The number of rotatable bonds is 6. The predicted octanol–water partition coefficient (Wildman–Crippen LogP) is 2.90. The van der Waals surface area contributed by atoms with Crippen LogP contribution < -0.4 is 10.1 Å². The summed E-state index contributed by atoms with van der Waals surface area (Å²) in [5.74, 6) is 0.560. The van der Waals surface area contributed by atoms with Gasteiger partial charge in [0.2, 0.25) is 0 Å². The number of hydrogen-bond acceptors (Lipinski definition) is 3. The van der Waals surface area contributed by atoms with Gasteiger partial charge in [0, 0.05) is 13.2 Å². The maximum atomic E-state index is 12.0. The highest BCUT2D eigenvalue weighted by atomic mass is 16.5. The van der Waals surface area contributed by atoms with Crippen molar-refractivity contribution in [3.8, 4) is 5.75 Å². The van der Waals surface area contributed by atoms with Crippen molar-refractivity contribution in [1.29, 1.82) is 0 Å². The molecular weight excluding hydrogens is 266 g/mol. The molecule has 0 aliphatic rings. The molecule has 2 unspecified atom stereocenters.